The number of ketones is 1. The van der Waals surface area contributed by atoms with E-state index >= 15 is 0 Å². The van der Waals surface area contributed by atoms with Crippen molar-refractivity contribution in [1.82, 2.24) is 0 Å². The first-order valence-corrected chi connectivity index (χ1v) is 15.5. The van der Waals surface area contributed by atoms with Crippen LogP contribution in [0.4, 0.5) is 11.4 Å². The predicted octanol–water partition coefficient (Wildman–Crippen LogP) is 4.47. The first-order valence-electron chi connectivity index (χ1n) is 12.6. The fourth-order valence-electron chi connectivity index (χ4n) is 5.60. The zero-order valence-electron chi connectivity index (χ0n) is 22.9. The first-order chi connectivity index (χ1) is 19.4. The van der Waals surface area contributed by atoms with Gasteiger partial charge in [0.25, 0.3) is 20.2 Å². The topological polar surface area (TPSA) is 198 Å². The van der Waals surface area contributed by atoms with E-state index in [4.69, 9.17) is 0 Å². The molecule has 1 fully saturated rings. The van der Waals surface area contributed by atoms with Gasteiger partial charge in [-0.1, -0.05) is 27.7 Å². The zero-order valence-corrected chi connectivity index (χ0v) is 24.5. The molecule has 13 heteroatoms. The molecule has 42 heavy (non-hydrogen) atoms. The van der Waals surface area contributed by atoms with E-state index in [1.54, 1.807) is 27.7 Å². The Kier molecular flexibility index (Phi) is 6.52. The summed E-state index contributed by atoms with van der Waals surface area (Å²) in [6, 6.07) is 11.8. The molecule has 214 valence electrons. The van der Waals surface area contributed by atoms with Crippen LogP contribution in [0.3, 0.4) is 0 Å². The van der Waals surface area contributed by atoms with Crippen molar-refractivity contribution in [3.8, 4) is 12.1 Å². The average Bonchev–Trinajstić information content (AvgIpc) is 3.31. The average molecular weight is 605 g/mol. The number of carbonyl (C=O) groups excluding carboxylic acids is 1. The smallest absolute Gasteiger partial charge is 0.293 e. The Bertz CT molecular complexity index is 2040. The summed E-state index contributed by atoms with van der Waals surface area (Å²) in [5.41, 5.74) is 1.40. The molecule has 2 aliphatic heterocycles. The quantitative estimate of drug-likeness (QED) is 0.281. The lowest BCUT2D eigenvalue weighted by molar-refractivity contribution is -0.120. The summed E-state index contributed by atoms with van der Waals surface area (Å²) in [5.74, 6) is -1.20. The predicted molar refractivity (Wildman–Crippen MR) is 152 cm³/mol. The second-order valence-corrected chi connectivity index (χ2v) is 14.1. The molecule has 1 atom stereocenters. The Morgan fingerprint density at radius 1 is 0.881 bits per heavy atom. The molecule has 0 bridgehead atoms. The van der Waals surface area contributed by atoms with Crippen LogP contribution in [0.15, 0.2) is 79.0 Å². The van der Waals surface area contributed by atoms with Gasteiger partial charge in [0.1, 0.15) is 17.7 Å². The van der Waals surface area contributed by atoms with Crippen LogP contribution in [0.1, 0.15) is 45.2 Å². The summed E-state index contributed by atoms with van der Waals surface area (Å²) in [7, 11) is -8.90. The molecule has 5 rings (SSSR count). The van der Waals surface area contributed by atoms with Gasteiger partial charge in [0.15, 0.2) is 5.78 Å². The summed E-state index contributed by atoms with van der Waals surface area (Å²) in [6.07, 6.45) is 1.57. The van der Waals surface area contributed by atoms with Crippen molar-refractivity contribution in [2.24, 2.45) is 15.9 Å². The molecule has 0 radical (unpaired) electrons. The molecule has 2 aromatic carbocycles. The van der Waals surface area contributed by atoms with E-state index in [9.17, 15) is 41.3 Å². The maximum atomic E-state index is 13.6. The van der Waals surface area contributed by atoms with E-state index in [1.165, 1.54) is 42.5 Å². The Balaban J connectivity index is 1.51. The van der Waals surface area contributed by atoms with Gasteiger partial charge in [-0.05, 0) is 53.6 Å². The van der Waals surface area contributed by atoms with Crippen molar-refractivity contribution < 1.29 is 30.7 Å². The SMILES string of the molecule is CC1(C)C(C=C2C(=O)C(CC3=Nc4ccc(S(=O)(=O)O)cc4C3(C)C)C2=C(C#N)C#N)=Nc2ccc(S(=O)(=O)O)cc21. The summed E-state index contributed by atoms with van der Waals surface area (Å²) in [5, 5.41) is 19.4. The van der Waals surface area contributed by atoms with Gasteiger partial charge in [-0.3, -0.25) is 23.9 Å². The molecule has 0 aromatic heterocycles. The van der Waals surface area contributed by atoms with Crippen molar-refractivity contribution in [1.29, 1.82) is 10.5 Å². The van der Waals surface area contributed by atoms with Crippen LogP contribution in [0.5, 0.6) is 0 Å². The van der Waals surface area contributed by atoms with Crippen molar-refractivity contribution in [2.45, 2.75) is 54.7 Å². The van der Waals surface area contributed by atoms with Crippen LogP contribution in [-0.2, 0) is 35.9 Å². The minimum atomic E-state index is -4.46. The minimum Gasteiger partial charge on any atom is -0.293 e. The number of nitrogens with zero attached hydrogens (tertiary/aromatic N) is 4. The maximum absolute atomic E-state index is 13.6. The summed E-state index contributed by atoms with van der Waals surface area (Å²) in [4.78, 5) is 22.2. The van der Waals surface area contributed by atoms with E-state index in [2.05, 4.69) is 9.98 Å². The van der Waals surface area contributed by atoms with Gasteiger partial charge in [0.05, 0.1) is 32.8 Å². The number of fused-ring (bicyclic) bond motifs is 2. The molecule has 0 amide bonds. The highest BCUT2D eigenvalue weighted by molar-refractivity contribution is 7.86. The molecule has 1 unspecified atom stereocenters. The van der Waals surface area contributed by atoms with Crippen molar-refractivity contribution >= 4 is 48.8 Å². The van der Waals surface area contributed by atoms with Crippen molar-refractivity contribution in [3.05, 3.63) is 70.3 Å². The van der Waals surface area contributed by atoms with Crippen molar-refractivity contribution in [3.63, 3.8) is 0 Å². The van der Waals surface area contributed by atoms with E-state index in [1.807, 2.05) is 12.1 Å². The van der Waals surface area contributed by atoms with Crippen LogP contribution < -0.4 is 0 Å². The van der Waals surface area contributed by atoms with Gasteiger partial charge >= 0.3 is 0 Å². The number of hydrogen-bond donors (Lipinski definition) is 2. The molecular formula is C29H24N4O7S2. The Morgan fingerprint density at radius 2 is 1.38 bits per heavy atom. The van der Waals surface area contributed by atoms with Gasteiger partial charge in [-0.2, -0.15) is 27.4 Å². The Hall–Kier alpha value is -4.27. The molecule has 1 saturated carbocycles. The highest BCUT2D eigenvalue weighted by Crippen LogP contribution is 2.48. The second kappa shape index (κ2) is 9.37. The number of allylic oxidation sites excluding steroid dienone is 4. The van der Waals surface area contributed by atoms with E-state index < -0.39 is 37.0 Å². The monoisotopic (exact) mass is 604 g/mol. The highest BCUT2D eigenvalue weighted by Gasteiger charge is 2.47. The molecule has 2 aromatic rings. The number of carbonyl (C=O) groups is 1. The van der Waals surface area contributed by atoms with E-state index in [-0.39, 0.29) is 38.7 Å². The number of benzene rings is 2. The Labute approximate surface area is 242 Å². The number of rotatable bonds is 5. The number of hydrogen-bond acceptors (Lipinski definition) is 9. The van der Waals surface area contributed by atoms with Crippen LogP contribution >= 0.6 is 0 Å². The van der Waals surface area contributed by atoms with Gasteiger partial charge in [-0.25, -0.2) is 0 Å². The maximum Gasteiger partial charge on any atom is 0.294 e. The lowest BCUT2D eigenvalue weighted by atomic mass is 9.65. The van der Waals surface area contributed by atoms with Crippen molar-refractivity contribution in [2.75, 3.05) is 0 Å². The molecular weight excluding hydrogens is 580 g/mol. The van der Waals surface area contributed by atoms with Crippen LogP contribution in [0.25, 0.3) is 0 Å². The zero-order chi connectivity index (χ0) is 31.0. The lowest BCUT2D eigenvalue weighted by Gasteiger charge is -2.34. The molecule has 1 aliphatic carbocycles. The second-order valence-electron chi connectivity index (χ2n) is 11.3. The fraction of sp³-hybridized carbons (Fsp3) is 0.276. The standard InChI is InChI=1S/C29H24N4O7S2/c1-28(2)20-9-16(41(35,36)37)5-7-22(20)32-24(28)11-18-26(15(13-30)14-31)19(27(18)34)12-25-29(3,4)21-10-17(42(38,39)40)6-8-23(21)33-25/h5-11,19H,12H2,1-4H3,(H,35,36,37)(H,38,39,40). The third-order valence-electron chi connectivity index (χ3n) is 8.13. The summed E-state index contributed by atoms with van der Waals surface area (Å²) in [6.45, 7) is 7.15. The fourth-order valence-corrected chi connectivity index (χ4v) is 6.61. The van der Waals surface area contributed by atoms with Crippen LogP contribution in [0.2, 0.25) is 0 Å². The van der Waals surface area contributed by atoms with Crippen LogP contribution in [0, 0.1) is 28.6 Å². The number of Topliss-reactive ketones (excluding diaryl/α,β-unsaturated/α-hetero) is 1. The third kappa shape index (κ3) is 4.51. The Morgan fingerprint density at radius 3 is 1.88 bits per heavy atom. The summed E-state index contributed by atoms with van der Waals surface area (Å²) >= 11 is 0. The van der Waals surface area contributed by atoms with Gasteiger partial charge in [0.2, 0.25) is 0 Å². The van der Waals surface area contributed by atoms with Gasteiger partial charge in [0, 0.05) is 34.1 Å². The van der Waals surface area contributed by atoms with E-state index in [0.29, 0.717) is 33.9 Å². The minimum absolute atomic E-state index is 0.0646. The lowest BCUT2D eigenvalue weighted by Crippen LogP contribution is -2.39. The van der Waals surface area contributed by atoms with E-state index in [0.717, 1.165) is 0 Å². The molecule has 0 spiro atoms. The van der Waals surface area contributed by atoms with Gasteiger partial charge < -0.3 is 0 Å². The highest BCUT2D eigenvalue weighted by atomic mass is 32.2. The largest absolute Gasteiger partial charge is 0.294 e. The molecule has 11 nitrogen and oxygen atoms in total. The molecule has 3 aliphatic rings. The summed E-state index contributed by atoms with van der Waals surface area (Å²) < 4.78 is 65.7. The molecule has 0 saturated heterocycles. The first kappa shape index (κ1) is 29.2. The van der Waals surface area contributed by atoms with Gasteiger partial charge in [-0.15, -0.1) is 0 Å². The number of aliphatic imine (C=N–C) groups is 2. The normalized spacial score (nSPS) is 21.0. The van der Waals surface area contributed by atoms with Crippen LogP contribution in [-0.4, -0.2) is 43.1 Å². The molecule has 2 N–H and O–H groups in total. The number of nitriles is 2. The third-order valence-corrected chi connectivity index (χ3v) is 9.83. The molecule has 2 heterocycles.